The highest BCUT2D eigenvalue weighted by Gasteiger charge is 2.25. The van der Waals surface area contributed by atoms with Crippen molar-refractivity contribution in [1.82, 2.24) is 24.8 Å². The summed E-state index contributed by atoms with van der Waals surface area (Å²) in [6, 6.07) is 22.2. The number of nitrogens with one attached hydrogen (secondary N) is 1. The molecule has 192 valence electrons. The van der Waals surface area contributed by atoms with E-state index in [9.17, 15) is 4.79 Å². The van der Waals surface area contributed by atoms with Crippen LogP contribution in [0.1, 0.15) is 55.4 Å². The zero-order valence-electron chi connectivity index (χ0n) is 22.1. The Labute approximate surface area is 218 Å². The van der Waals surface area contributed by atoms with Gasteiger partial charge in [-0.1, -0.05) is 63.2 Å². The predicted octanol–water partition coefficient (Wildman–Crippen LogP) is 5.10. The summed E-state index contributed by atoms with van der Waals surface area (Å²) < 4.78 is 7.45. The molecule has 0 aliphatic carbocycles. The first-order valence-corrected chi connectivity index (χ1v) is 12.9. The normalized spacial score (nSPS) is 15.1. The molecule has 0 atom stereocenters. The Morgan fingerprint density at radius 2 is 1.73 bits per heavy atom. The van der Waals surface area contributed by atoms with Gasteiger partial charge >= 0.3 is 0 Å². The van der Waals surface area contributed by atoms with Crippen LogP contribution in [-0.2, 0) is 12.0 Å². The van der Waals surface area contributed by atoms with Gasteiger partial charge in [0.05, 0.1) is 18.5 Å². The summed E-state index contributed by atoms with van der Waals surface area (Å²) in [7, 11) is 1.65. The van der Waals surface area contributed by atoms with Gasteiger partial charge in [0.2, 0.25) is 0 Å². The van der Waals surface area contributed by atoms with Crippen LogP contribution in [-0.4, -0.2) is 51.6 Å². The van der Waals surface area contributed by atoms with Crippen molar-refractivity contribution in [3.63, 3.8) is 0 Å². The van der Waals surface area contributed by atoms with E-state index in [0.29, 0.717) is 11.3 Å². The average molecular weight is 498 g/mol. The number of amides is 1. The molecule has 4 aromatic rings. The van der Waals surface area contributed by atoms with Crippen LogP contribution in [0.2, 0.25) is 0 Å². The van der Waals surface area contributed by atoms with E-state index in [1.165, 1.54) is 5.56 Å². The molecule has 1 fully saturated rings. The van der Waals surface area contributed by atoms with Gasteiger partial charge in [0.1, 0.15) is 11.4 Å². The second-order valence-electron chi connectivity index (χ2n) is 10.8. The molecule has 0 unspecified atom stereocenters. The lowest BCUT2D eigenvalue weighted by atomic mass is 9.93. The molecule has 1 N–H and O–H groups in total. The summed E-state index contributed by atoms with van der Waals surface area (Å²) in [6.45, 7) is 9.21. The highest BCUT2D eigenvalue weighted by molar-refractivity contribution is 5.94. The average Bonchev–Trinajstić information content (AvgIpc) is 3.35. The van der Waals surface area contributed by atoms with E-state index in [1.54, 1.807) is 7.11 Å². The van der Waals surface area contributed by atoms with Crippen LogP contribution in [0.3, 0.4) is 0 Å². The van der Waals surface area contributed by atoms with Gasteiger partial charge in [0, 0.05) is 42.7 Å². The maximum atomic E-state index is 13.4. The first kappa shape index (κ1) is 25.0. The van der Waals surface area contributed by atoms with Crippen molar-refractivity contribution in [3.05, 3.63) is 83.7 Å². The number of rotatable bonds is 6. The van der Waals surface area contributed by atoms with Gasteiger partial charge in [0.25, 0.3) is 5.91 Å². The summed E-state index contributed by atoms with van der Waals surface area (Å²) in [4.78, 5) is 20.6. The van der Waals surface area contributed by atoms with Crippen LogP contribution in [0, 0.1) is 0 Å². The number of carbonyl (C=O) groups is 1. The molecule has 5 rings (SSSR count). The van der Waals surface area contributed by atoms with E-state index in [-0.39, 0.29) is 17.4 Å². The summed E-state index contributed by atoms with van der Waals surface area (Å²) in [5.74, 6) is 0.568. The molecular weight excluding hydrogens is 462 g/mol. The zero-order chi connectivity index (χ0) is 26.0. The Morgan fingerprint density at radius 1 is 1.03 bits per heavy atom. The van der Waals surface area contributed by atoms with Crippen LogP contribution in [0.15, 0.2) is 66.7 Å². The first-order valence-electron chi connectivity index (χ1n) is 12.9. The molecular formula is C30H35N5O2. The number of piperidine rings is 1. The fraction of sp³-hybridized carbons (Fsp3) is 0.367. The van der Waals surface area contributed by atoms with Crippen LogP contribution < -0.4 is 10.1 Å². The molecule has 1 aliphatic heterocycles. The van der Waals surface area contributed by atoms with Crippen LogP contribution in [0.25, 0.3) is 16.9 Å². The number of aromatic nitrogens is 3. The van der Waals surface area contributed by atoms with Gasteiger partial charge in [-0.3, -0.25) is 9.69 Å². The van der Waals surface area contributed by atoms with Crippen molar-refractivity contribution in [2.24, 2.45) is 0 Å². The molecule has 3 heterocycles. The second-order valence-corrected chi connectivity index (χ2v) is 10.8. The molecule has 0 spiro atoms. The first-order chi connectivity index (χ1) is 17.8. The monoisotopic (exact) mass is 497 g/mol. The number of carbonyl (C=O) groups excluding carboxylic acids is 1. The fourth-order valence-corrected chi connectivity index (χ4v) is 4.84. The Kier molecular flexibility index (Phi) is 6.98. The number of methoxy groups -OCH3 is 1. The molecule has 2 aromatic carbocycles. The zero-order valence-corrected chi connectivity index (χ0v) is 22.1. The highest BCUT2D eigenvalue weighted by atomic mass is 16.5. The minimum absolute atomic E-state index is 0.127. The summed E-state index contributed by atoms with van der Waals surface area (Å²) in [5, 5.41) is 8.10. The van der Waals surface area contributed by atoms with E-state index >= 15 is 0 Å². The van der Waals surface area contributed by atoms with Gasteiger partial charge in [-0.15, -0.1) is 0 Å². The van der Waals surface area contributed by atoms with Crippen molar-refractivity contribution in [3.8, 4) is 17.0 Å². The third-order valence-electron chi connectivity index (χ3n) is 6.98. The lowest BCUT2D eigenvalue weighted by molar-refractivity contribution is 0.0904. The number of hydrogen-bond donors (Lipinski definition) is 1. The topological polar surface area (TPSA) is 71.8 Å². The van der Waals surface area contributed by atoms with Gasteiger partial charge in [-0.25, -0.2) is 9.50 Å². The Bertz CT molecular complexity index is 1380. The molecule has 1 saturated heterocycles. The van der Waals surface area contributed by atoms with Crippen molar-refractivity contribution in [1.29, 1.82) is 0 Å². The minimum atomic E-state index is -0.154. The minimum Gasteiger partial charge on any atom is -0.496 e. The number of ether oxygens (including phenoxy) is 1. The fourth-order valence-electron chi connectivity index (χ4n) is 4.84. The van der Waals surface area contributed by atoms with Gasteiger partial charge in [-0.2, -0.15) is 5.10 Å². The van der Waals surface area contributed by atoms with Crippen LogP contribution >= 0.6 is 0 Å². The Hall–Kier alpha value is -3.71. The van der Waals surface area contributed by atoms with Gasteiger partial charge in [0.15, 0.2) is 5.65 Å². The number of hydrogen-bond acceptors (Lipinski definition) is 5. The quantitative estimate of drug-likeness (QED) is 0.401. The molecule has 0 bridgehead atoms. The third kappa shape index (κ3) is 5.52. The molecule has 7 heteroatoms. The summed E-state index contributed by atoms with van der Waals surface area (Å²) >= 11 is 0. The van der Waals surface area contributed by atoms with E-state index in [1.807, 2.05) is 47.0 Å². The molecule has 37 heavy (non-hydrogen) atoms. The van der Waals surface area contributed by atoms with Crippen molar-refractivity contribution < 1.29 is 9.53 Å². The lowest BCUT2D eigenvalue weighted by Gasteiger charge is -2.32. The predicted molar refractivity (Wildman–Crippen MR) is 146 cm³/mol. The molecule has 0 radical (unpaired) electrons. The van der Waals surface area contributed by atoms with E-state index in [0.717, 1.165) is 55.2 Å². The molecule has 2 aromatic heterocycles. The largest absolute Gasteiger partial charge is 0.496 e. The number of fused-ring (bicyclic) bond motifs is 1. The Balaban J connectivity index is 1.38. The van der Waals surface area contributed by atoms with Crippen molar-refractivity contribution in [2.75, 3.05) is 20.2 Å². The number of para-hydroxylation sites is 1. The number of likely N-dealkylation sites (tertiary alicyclic amines) is 1. The maximum Gasteiger partial charge on any atom is 0.270 e. The van der Waals surface area contributed by atoms with Crippen LogP contribution in [0.4, 0.5) is 0 Å². The summed E-state index contributed by atoms with van der Waals surface area (Å²) in [5.41, 5.74) is 4.77. The number of nitrogens with zero attached hydrogens (tertiary/aromatic N) is 4. The Morgan fingerprint density at radius 3 is 2.43 bits per heavy atom. The van der Waals surface area contributed by atoms with E-state index < -0.39 is 0 Å². The summed E-state index contributed by atoms with van der Waals surface area (Å²) in [6.07, 6.45) is 1.84. The third-order valence-corrected chi connectivity index (χ3v) is 6.98. The smallest absolute Gasteiger partial charge is 0.270 e. The molecule has 1 aliphatic rings. The maximum absolute atomic E-state index is 13.4. The van der Waals surface area contributed by atoms with Crippen molar-refractivity contribution >= 4 is 11.6 Å². The molecule has 7 nitrogen and oxygen atoms in total. The van der Waals surface area contributed by atoms with Crippen LogP contribution in [0.5, 0.6) is 5.75 Å². The van der Waals surface area contributed by atoms with E-state index in [4.69, 9.17) is 14.8 Å². The lowest BCUT2D eigenvalue weighted by Crippen LogP contribution is -2.44. The molecule has 1 amide bonds. The highest BCUT2D eigenvalue weighted by Crippen LogP contribution is 2.32. The SMILES string of the molecule is COc1ccccc1-c1cc(C(=O)NC2CCN(Cc3ccccc3)CC2)nc2cc(C(C)(C)C)nn12. The number of benzene rings is 2. The van der Waals surface area contributed by atoms with Gasteiger partial charge < -0.3 is 10.1 Å². The molecule has 0 saturated carbocycles. The van der Waals surface area contributed by atoms with Gasteiger partial charge in [-0.05, 0) is 36.6 Å². The van der Waals surface area contributed by atoms with E-state index in [2.05, 4.69) is 55.3 Å². The second kappa shape index (κ2) is 10.3. The standard InChI is InChI=1S/C30H35N5O2/c1-30(2,3)27-19-28-32-24(18-25(35(28)33-27)23-12-8-9-13-26(23)37-4)29(36)31-22-14-16-34(17-15-22)20-21-10-6-5-7-11-21/h5-13,18-19,22H,14-17,20H2,1-4H3,(H,31,36). The van der Waals surface area contributed by atoms with Crippen molar-refractivity contribution in [2.45, 2.75) is 51.6 Å².